The molecule has 0 aromatic heterocycles. The van der Waals surface area contributed by atoms with Crippen LogP contribution in [-0.2, 0) is 0 Å². The third-order valence-electron chi connectivity index (χ3n) is 4.94. The summed E-state index contributed by atoms with van der Waals surface area (Å²) in [6.07, 6.45) is 12.7. The topological polar surface area (TPSA) is 0 Å². The number of aryl methyl sites for hydroxylation is 1. The molecule has 1 aliphatic rings. The predicted octanol–water partition coefficient (Wildman–Crippen LogP) is 7.27. The van der Waals surface area contributed by atoms with Crippen LogP contribution in [0.25, 0.3) is 27.5 Å². The van der Waals surface area contributed by atoms with E-state index in [1.165, 1.54) is 44.2 Å². The zero-order chi connectivity index (χ0) is 17.9. The third-order valence-corrected chi connectivity index (χ3v) is 4.94. The van der Waals surface area contributed by atoms with Crippen molar-refractivity contribution in [3.05, 3.63) is 114 Å². The molecular formula is C26H22. The van der Waals surface area contributed by atoms with E-state index in [2.05, 4.69) is 111 Å². The molecule has 3 aromatic carbocycles. The Morgan fingerprint density at radius 3 is 1.88 bits per heavy atom. The molecular weight excluding hydrogens is 312 g/mol. The van der Waals surface area contributed by atoms with Crippen molar-refractivity contribution in [3.8, 4) is 11.1 Å². The molecule has 26 heavy (non-hydrogen) atoms. The van der Waals surface area contributed by atoms with Crippen molar-refractivity contribution < 1.29 is 0 Å². The monoisotopic (exact) mass is 334 g/mol. The standard InChI is InChI=1S/C26H22/c1-19-13-15-21(16-14-19)23-17-18-26(25-12-8-7-11-24(23)25)22-10-6-4-3-5-9-20(22)2/h3-18H,1-2H3/b4-3+,5-3?,6-4?,9-5-,10-6-,20-9?,22-10?,22-20-. The summed E-state index contributed by atoms with van der Waals surface area (Å²) in [4.78, 5) is 0. The molecule has 0 unspecified atom stereocenters. The van der Waals surface area contributed by atoms with Gasteiger partial charge in [-0.15, -0.1) is 0 Å². The van der Waals surface area contributed by atoms with Gasteiger partial charge in [0.1, 0.15) is 0 Å². The fourth-order valence-electron chi connectivity index (χ4n) is 3.52. The van der Waals surface area contributed by atoms with Crippen molar-refractivity contribution in [1.82, 2.24) is 0 Å². The average Bonchev–Trinajstić information content (AvgIpc) is 2.66. The van der Waals surface area contributed by atoms with Crippen LogP contribution in [0, 0.1) is 6.92 Å². The van der Waals surface area contributed by atoms with E-state index in [0.29, 0.717) is 0 Å². The lowest BCUT2D eigenvalue weighted by Gasteiger charge is -2.14. The molecule has 0 N–H and O–H groups in total. The first-order chi connectivity index (χ1) is 12.7. The zero-order valence-electron chi connectivity index (χ0n) is 15.2. The molecule has 3 aromatic rings. The van der Waals surface area contributed by atoms with Gasteiger partial charge in [0, 0.05) is 0 Å². The summed E-state index contributed by atoms with van der Waals surface area (Å²) in [6.45, 7) is 4.31. The summed E-state index contributed by atoms with van der Waals surface area (Å²) in [7, 11) is 0. The second-order valence-electron chi connectivity index (χ2n) is 6.77. The molecule has 0 aliphatic heterocycles. The van der Waals surface area contributed by atoms with E-state index in [9.17, 15) is 0 Å². The first-order valence-electron chi connectivity index (χ1n) is 9.05. The van der Waals surface area contributed by atoms with E-state index in [-0.39, 0.29) is 0 Å². The molecule has 4 rings (SSSR count). The van der Waals surface area contributed by atoms with Crippen LogP contribution in [0.2, 0.25) is 0 Å². The number of rotatable bonds is 2. The van der Waals surface area contributed by atoms with Gasteiger partial charge < -0.3 is 0 Å². The molecule has 0 spiro atoms. The van der Waals surface area contributed by atoms with Crippen molar-refractivity contribution in [2.45, 2.75) is 13.8 Å². The lowest BCUT2D eigenvalue weighted by atomic mass is 9.89. The highest BCUT2D eigenvalue weighted by Crippen LogP contribution is 2.35. The molecule has 0 fully saturated rings. The first kappa shape index (κ1) is 16.4. The highest BCUT2D eigenvalue weighted by atomic mass is 14.1. The summed E-state index contributed by atoms with van der Waals surface area (Å²) >= 11 is 0. The minimum Gasteiger partial charge on any atom is -0.0623 e. The summed E-state index contributed by atoms with van der Waals surface area (Å²) in [5.41, 5.74) is 7.67. The molecule has 0 saturated heterocycles. The zero-order valence-corrected chi connectivity index (χ0v) is 15.2. The maximum Gasteiger partial charge on any atom is -0.00991 e. The minimum absolute atomic E-state index is 1.26. The van der Waals surface area contributed by atoms with Gasteiger partial charge in [0.2, 0.25) is 0 Å². The number of fused-ring (bicyclic) bond motifs is 1. The third kappa shape index (κ3) is 3.07. The molecule has 0 heterocycles. The van der Waals surface area contributed by atoms with E-state index in [1.807, 2.05) is 0 Å². The van der Waals surface area contributed by atoms with Crippen LogP contribution in [0.3, 0.4) is 0 Å². The van der Waals surface area contributed by atoms with Gasteiger partial charge in [-0.2, -0.15) is 0 Å². The van der Waals surface area contributed by atoms with Gasteiger partial charge in [0.15, 0.2) is 0 Å². The summed E-state index contributed by atoms with van der Waals surface area (Å²) in [5, 5.41) is 2.59. The highest BCUT2D eigenvalue weighted by molar-refractivity contribution is 6.04. The van der Waals surface area contributed by atoms with Crippen molar-refractivity contribution in [3.63, 3.8) is 0 Å². The Balaban J connectivity index is 1.95. The molecule has 126 valence electrons. The smallest absolute Gasteiger partial charge is 0.00991 e. The predicted molar refractivity (Wildman–Crippen MR) is 114 cm³/mol. The van der Waals surface area contributed by atoms with Crippen molar-refractivity contribution in [2.24, 2.45) is 0 Å². The Morgan fingerprint density at radius 1 is 0.538 bits per heavy atom. The summed E-state index contributed by atoms with van der Waals surface area (Å²) in [5.74, 6) is 0. The van der Waals surface area contributed by atoms with Gasteiger partial charge in [-0.3, -0.25) is 0 Å². The van der Waals surface area contributed by atoms with E-state index in [1.54, 1.807) is 0 Å². The Bertz CT molecular complexity index is 1070. The van der Waals surface area contributed by atoms with Gasteiger partial charge in [-0.1, -0.05) is 103 Å². The second kappa shape index (κ2) is 7.01. The highest BCUT2D eigenvalue weighted by Gasteiger charge is 2.11. The van der Waals surface area contributed by atoms with Gasteiger partial charge in [-0.25, -0.2) is 0 Å². The Hall–Kier alpha value is -3.12. The SMILES string of the molecule is CC1=C(c2ccc(-c3ccc(C)cc3)c3ccccc23)\C=C/C=C/C=C\1. The van der Waals surface area contributed by atoms with E-state index in [0.717, 1.165) is 0 Å². The van der Waals surface area contributed by atoms with Gasteiger partial charge in [0.25, 0.3) is 0 Å². The molecule has 0 atom stereocenters. The van der Waals surface area contributed by atoms with Crippen molar-refractivity contribution in [2.75, 3.05) is 0 Å². The van der Waals surface area contributed by atoms with Crippen LogP contribution in [0.4, 0.5) is 0 Å². The quantitative estimate of drug-likeness (QED) is 0.462. The minimum atomic E-state index is 1.26. The Morgan fingerprint density at radius 2 is 1.15 bits per heavy atom. The van der Waals surface area contributed by atoms with Crippen molar-refractivity contribution in [1.29, 1.82) is 0 Å². The maximum atomic E-state index is 2.26. The van der Waals surface area contributed by atoms with Crippen LogP contribution in [0.5, 0.6) is 0 Å². The Kier molecular flexibility index (Phi) is 4.41. The van der Waals surface area contributed by atoms with E-state index >= 15 is 0 Å². The average molecular weight is 334 g/mol. The lowest BCUT2D eigenvalue weighted by molar-refractivity contribution is 1.47. The van der Waals surface area contributed by atoms with Crippen LogP contribution in [0.15, 0.2) is 103 Å². The van der Waals surface area contributed by atoms with Gasteiger partial charge in [0.05, 0.1) is 0 Å². The van der Waals surface area contributed by atoms with Gasteiger partial charge in [-0.05, 0) is 52.5 Å². The number of benzene rings is 3. The molecule has 0 radical (unpaired) electrons. The van der Waals surface area contributed by atoms with Crippen LogP contribution in [-0.4, -0.2) is 0 Å². The lowest BCUT2D eigenvalue weighted by Crippen LogP contribution is -1.91. The normalized spacial score (nSPS) is 20.4. The number of allylic oxidation sites excluding steroid dienone is 8. The fraction of sp³-hybridized carbons (Fsp3) is 0.0769. The van der Waals surface area contributed by atoms with Crippen LogP contribution < -0.4 is 0 Å². The number of hydrogen-bond donors (Lipinski definition) is 0. The van der Waals surface area contributed by atoms with E-state index < -0.39 is 0 Å². The van der Waals surface area contributed by atoms with E-state index in [4.69, 9.17) is 0 Å². The summed E-state index contributed by atoms with van der Waals surface area (Å²) in [6, 6.07) is 22.0. The molecule has 0 heteroatoms. The molecule has 0 nitrogen and oxygen atoms in total. The van der Waals surface area contributed by atoms with Gasteiger partial charge >= 0.3 is 0 Å². The Labute approximate surface area is 155 Å². The molecule has 0 bridgehead atoms. The fourth-order valence-corrected chi connectivity index (χ4v) is 3.52. The van der Waals surface area contributed by atoms with Crippen LogP contribution >= 0.6 is 0 Å². The maximum absolute atomic E-state index is 2.26. The first-order valence-corrected chi connectivity index (χ1v) is 9.05. The number of hydrogen-bond acceptors (Lipinski definition) is 0. The molecule has 0 amide bonds. The van der Waals surface area contributed by atoms with Crippen LogP contribution in [0.1, 0.15) is 18.1 Å². The second-order valence-corrected chi connectivity index (χ2v) is 6.77. The molecule has 1 aliphatic carbocycles. The summed E-state index contributed by atoms with van der Waals surface area (Å²) < 4.78 is 0. The largest absolute Gasteiger partial charge is 0.0623 e. The molecule has 0 saturated carbocycles. The van der Waals surface area contributed by atoms with Crippen molar-refractivity contribution >= 4 is 16.3 Å².